The molecule has 162 valence electrons. The molecule has 1 aromatic heterocycles. The zero-order valence-electron chi connectivity index (χ0n) is 18.7. The number of fused-ring (bicyclic) bond motifs is 1. The van der Waals surface area contributed by atoms with E-state index in [1.807, 2.05) is 13.0 Å². The van der Waals surface area contributed by atoms with Crippen LogP contribution in [-0.2, 0) is 6.54 Å². The maximum absolute atomic E-state index is 6.68. The van der Waals surface area contributed by atoms with Gasteiger partial charge in [-0.2, -0.15) is 0 Å². The summed E-state index contributed by atoms with van der Waals surface area (Å²) in [6, 6.07) is 9.19. The first-order valence-electron chi connectivity index (χ1n) is 10.6. The maximum Gasteiger partial charge on any atom is 0.0918 e. The topological polar surface area (TPSA) is 66.9 Å². The molecule has 1 aliphatic heterocycles. The number of hydrogen-bond acceptors (Lipinski definition) is 4. The Morgan fingerprint density at radius 2 is 2.17 bits per heavy atom. The Balaban J connectivity index is 0.000000343. The van der Waals surface area contributed by atoms with Crippen molar-refractivity contribution >= 4 is 17.1 Å². The predicted molar refractivity (Wildman–Crippen MR) is 130 cm³/mol. The summed E-state index contributed by atoms with van der Waals surface area (Å²) in [6.07, 6.45) is 8.24. The van der Waals surface area contributed by atoms with E-state index >= 15 is 0 Å². The Labute approximate surface area is 181 Å². The highest BCUT2D eigenvalue weighted by molar-refractivity contribution is 5.81. The summed E-state index contributed by atoms with van der Waals surface area (Å²) in [7, 11) is 2.18. The fourth-order valence-electron chi connectivity index (χ4n) is 3.63. The third kappa shape index (κ3) is 7.91. The van der Waals surface area contributed by atoms with Gasteiger partial charge < -0.3 is 25.9 Å². The number of likely N-dealkylation sites (N-methyl/N-ethyl adjacent to an activating group) is 1. The number of nitrogens with zero attached hydrogens (tertiary/aromatic N) is 1. The molecule has 1 fully saturated rings. The van der Waals surface area contributed by atoms with Gasteiger partial charge in [0, 0.05) is 30.0 Å². The lowest BCUT2D eigenvalue weighted by Crippen LogP contribution is -2.45. The number of aromatic amines is 1. The van der Waals surface area contributed by atoms with Crippen molar-refractivity contribution in [1.29, 1.82) is 5.41 Å². The van der Waals surface area contributed by atoms with Gasteiger partial charge in [-0.25, -0.2) is 0 Å². The largest absolute Gasteiger partial charge is 0.368 e. The molecule has 30 heavy (non-hydrogen) atoms. The Morgan fingerprint density at radius 1 is 1.37 bits per heavy atom. The summed E-state index contributed by atoms with van der Waals surface area (Å²) in [6.45, 7) is 14.8. The van der Waals surface area contributed by atoms with Crippen LogP contribution < -0.4 is 10.6 Å². The van der Waals surface area contributed by atoms with Crippen molar-refractivity contribution in [3.05, 3.63) is 72.2 Å². The van der Waals surface area contributed by atoms with Crippen LogP contribution in [-0.4, -0.2) is 42.3 Å². The van der Waals surface area contributed by atoms with Gasteiger partial charge in [0.05, 0.1) is 12.4 Å². The number of allylic oxidation sites excluding steroid dienone is 3. The Bertz CT molecular complexity index is 877. The quantitative estimate of drug-likeness (QED) is 0.372. The van der Waals surface area contributed by atoms with Gasteiger partial charge in [-0.1, -0.05) is 29.9 Å². The van der Waals surface area contributed by atoms with Gasteiger partial charge in [0.2, 0.25) is 0 Å². The number of likely N-dealkylation sites (tertiary alicyclic amines) is 1. The van der Waals surface area contributed by atoms with Crippen LogP contribution >= 0.6 is 0 Å². The molecule has 4 N–H and O–H groups in total. The minimum atomic E-state index is 0.504. The third-order valence-electron chi connectivity index (χ3n) is 5.16. The molecule has 2 aromatic rings. The molecule has 1 saturated heterocycles. The number of benzene rings is 1. The van der Waals surface area contributed by atoms with Crippen LogP contribution in [0.4, 0.5) is 0 Å². The second-order valence-electron chi connectivity index (χ2n) is 8.14. The van der Waals surface area contributed by atoms with E-state index in [1.165, 1.54) is 53.3 Å². The van der Waals surface area contributed by atoms with Gasteiger partial charge in [0.15, 0.2) is 0 Å². The summed E-state index contributed by atoms with van der Waals surface area (Å²) in [5.74, 6) is 0.912. The van der Waals surface area contributed by atoms with Crippen LogP contribution in [0.1, 0.15) is 37.4 Å². The van der Waals surface area contributed by atoms with E-state index in [1.54, 1.807) is 6.08 Å². The molecule has 3 rings (SSSR count). The molecule has 0 amide bonds. The first kappa shape index (κ1) is 23.5. The van der Waals surface area contributed by atoms with E-state index in [-0.39, 0.29) is 0 Å². The monoisotopic (exact) mass is 407 g/mol. The third-order valence-corrected chi connectivity index (χ3v) is 5.16. The van der Waals surface area contributed by atoms with Crippen molar-refractivity contribution in [1.82, 2.24) is 20.5 Å². The summed E-state index contributed by atoms with van der Waals surface area (Å²) < 4.78 is 0. The average molecular weight is 408 g/mol. The molecule has 0 aliphatic carbocycles. The van der Waals surface area contributed by atoms with Crippen molar-refractivity contribution in [2.45, 2.75) is 45.7 Å². The number of rotatable bonds is 8. The highest BCUT2D eigenvalue weighted by Gasteiger charge is 2.16. The van der Waals surface area contributed by atoms with E-state index in [4.69, 9.17) is 5.41 Å². The number of aryl methyl sites for hydroxylation is 1. The molecule has 1 aromatic carbocycles. The van der Waals surface area contributed by atoms with Crippen LogP contribution in [0, 0.1) is 12.3 Å². The van der Waals surface area contributed by atoms with Crippen LogP contribution in [0.3, 0.4) is 0 Å². The SMILES string of the molecule is C=C(NCc1cc2cc(C)ccc2[nH]1)NC1CCCN(C)C1.C=CC/C(C)=C/C=N. The van der Waals surface area contributed by atoms with E-state index in [9.17, 15) is 0 Å². The molecule has 1 aliphatic rings. The summed E-state index contributed by atoms with van der Waals surface area (Å²) in [5, 5.41) is 14.8. The zero-order valence-corrected chi connectivity index (χ0v) is 18.7. The highest BCUT2D eigenvalue weighted by Crippen LogP contribution is 2.17. The smallest absolute Gasteiger partial charge is 0.0918 e. The van der Waals surface area contributed by atoms with Crippen LogP contribution in [0.2, 0.25) is 0 Å². The van der Waals surface area contributed by atoms with Gasteiger partial charge in [0.1, 0.15) is 0 Å². The summed E-state index contributed by atoms with van der Waals surface area (Å²) in [4.78, 5) is 5.82. The van der Waals surface area contributed by atoms with Crippen molar-refractivity contribution < 1.29 is 0 Å². The standard InChI is InChI=1S/C18H26N4.C7H11N/c1-13-6-7-18-15(9-13)10-17(21-18)11-19-14(2)20-16-5-4-8-22(3)12-16;1-3-4-7(2)5-6-8/h6-7,9-10,16,19-21H,2,4-5,8,11-12H2,1,3H3;3,5-6,8H,1,4H2,2H3/b;7-5+,8-6?. The second-order valence-corrected chi connectivity index (χ2v) is 8.14. The van der Waals surface area contributed by atoms with Crippen molar-refractivity contribution in [2.24, 2.45) is 0 Å². The molecule has 0 bridgehead atoms. The zero-order chi connectivity index (χ0) is 21.9. The first-order chi connectivity index (χ1) is 14.4. The van der Waals surface area contributed by atoms with Crippen LogP contribution in [0.5, 0.6) is 0 Å². The number of aromatic nitrogens is 1. The lowest BCUT2D eigenvalue weighted by molar-refractivity contribution is 0.233. The molecule has 1 unspecified atom stereocenters. The van der Waals surface area contributed by atoms with Gasteiger partial charge in [-0.05, 0) is 76.4 Å². The Morgan fingerprint density at radius 3 is 2.87 bits per heavy atom. The first-order valence-corrected chi connectivity index (χ1v) is 10.6. The number of H-pyrrole nitrogens is 1. The van der Waals surface area contributed by atoms with Crippen LogP contribution in [0.25, 0.3) is 10.9 Å². The Hall–Kier alpha value is -2.79. The molecule has 0 saturated carbocycles. The van der Waals surface area contributed by atoms with Gasteiger partial charge in [-0.3, -0.25) is 0 Å². The summed E-state index contributed by atoms with van der Waals surface area (Å²) in [5.41, 5.74) is 4.84. The summed E-state index contributed by atoms with van der Waals surface area (Å²) >= 11 is 0. The predicted octanol–water partition coefficient (Wildman–Crippen LogP) is 4.88. The molecule has 5 heteroatoms. The highest BCUT2D eigenvalue weighted by atomic mass is 15.2. The van der Waals surface area contributed by atoms with Crippen LogP contribution in [0.15, 0.2) is 61.0 Å². The molecule has 0 radical (unpaired) electrons. The van der Waals surface area contributed by atoms with Gasteiger partial charge in [0.25, 0.3) is 0 Å². The lowest BCUT2D eigenvalue weighted by Gasteiger charge is -2.31. The van der Waals surface area contributed by atoms with E-state index in [0.717, 1.165) is 25.3 Å². The van der Waals surface area contributed by atoms with E-state index < -0.39 is 0 Å². The van der Waals surface area contributed by atoms with Crippen molar-refractivity contribution in [3.63, 3.8) is 0 Å². The fourth-order valence-corrected chi connectivity index (χ4v) is 3.63. The minimum absolute atomic E-state index is 0.504. The molecule has 0 spiro atoms. The fraction of sp³-hybridized carbons (Fsp3) is 0.400. The Kier molecular flexibility index (Phi) is 9.42. The molecule has 1 atom stereocenters. The molecule has 5 nitrogen and oxygen atoms in total. The second kappa shape index (κ2) is 12.0. The molecular weight excluding hydrogens is 370 g/mol. The van der Waals surface area contributed by atoms with Crippen molar-refractivity contribution in [2.75, 3.05) is 20.1 Å². The normalized spacial score (nSPS) is 17.0. The number of nitrogens with one attached hydrogen (secondary N) is 4. The van der Waals surface area contributed by atoms with E-state index in [2.05, 4.69) is 71.9 Å². The number of piperidine rings is 1. The number of hydrogen-bond donors (Lipinski definition) is 4. The van der Waals surface area contributed by atoms with Crippen molar-refractivity contribution in [3.8, 4) is 0 Å². The lowest BCUT2D eigenvalue weighted by atomic mass is 10.1. The minimum Gasteiger partial charge on any atom is -0.368 e. The maximum atomic E-state index is 6.68. The van der Waals surface area contributed by atoms with Gasteiger partial charge in [-0.15, -0.1) is 6.58 Å². The average Bonchev–Trinajstić information content (AvgIpc) is 3.09. The molecular formula is C25H37N5. The van der Waals surface area contributed by atoms with E-state index in [0.29, 0.717) is 6.04 Å². The van der Waals surface area contributed by atoms with Gasteiger partial charge >= 0.3 is 0 Å². The molecule has 2 heterocycles.